The van der Waals surface area contributed by atoms with Crippen LogP contribution in [-0.4, -0.2) is 30.3 Å². The molecule has 2 rings (SSSR count). The molecule has 0 saturated carbocycles. The lowest BCUT2D eigenvalue weighted by Gasteiger charge is -2.09. The van der Waals surface area contributed by atoms with Crippen LogP contribution in [0.5, 0.6) is 0 Å². The Morgan fingerprint density at radius 2 is 1.61 bits per heavy atom. The van der Waals surface area contributed by atoms with Gasteiger partial charge in [-0.05, 0) is 29.8 Å². The number of halogens is 1. The summed E-state index contributed by atoms with van der Waals surface area (Å²) in [6.07, 6.45) is 1.42. The number of amides is 5. The lowest BCUT2D eigenvalue weighted by atomic mass is 10.2. The van der Waals surface area contributed by atoms with Crippen LogP contribution >= 0.6 is 0 Å². The van der Waals surface area contributed by atoms with E-state index in [4.69, 9.17) is 4.42 Å². The molecule has 148 valence electrons. The third-order valence-electron chi connectivity index (χ3n) is 3.30. The van der Waals surface area contributed by atoms with Crippen LogP contribution in [0, 0.1) is 5.82 Å². The van der Waals surface area contributed by atoms with Crippen molar-refractivity contribution in [2.24, 2.45) is 0 Å². The van der Waals surface area contributed by atoms with Gasteiger partial charge in [0, 0.05) is 6.54 Å². The molecule has 0 unspecified atom stereocenters. The van der Waals surface area contributed by atoms with Gasteiger partial charge in [0.15, 0.2) is 0 Å². The van der Waals surface area contributed by atoms with E-state index in [0.717, 1.165) is 0 Å². The normalized spacial score (nSPS) is 9.89. The maximum atomic E-state index is 12.8. The predicted molar refractivity (Wildman–Crippen MR) is 93.5 cm³/mol. The molecule has 5 amide bonds. The molecule has 0 fully saturated rings. The van der Waals surface area contributed by atoms with Crippen LogP contribution in [-0.2, 0) is 27.5 Å². The van der Waals surface area contributed by atoms with Gasteiger partial charge < -0.3 is 20.4 Å². The molecule has 0 saturated heterocycles. The molecule has 28 heavy (non-hydrogen) atoms. The molecule has 2 aromatic rings. The predicted octanol–water partition coefficient (Wildman–Crippen LogP) is -0.318. The van der Waals surface area contributed by atoms with Gasteiger partial charge in [-0.25, -0.2) is 9.18 Å². The fourth-order valence-electron chi connectivity index (χ4n) is 1.90. The number of carbonyl (C=O) groups excluding carboxylic acids is 4. The van der Waals surface area contributed by atoms with Crippen LogP contribution in [0.15, 0.2) is 47.1 Å². The summed E-state index contributed by atoms with van der Waals surface area (Å²) in [4.78, 5) is 46.2. The lowest BCUT2D eigenvalue weighted by Crippen LogP contribution is -2.51. The van der Waals surface area contributed by atoms with Crippen LogP contribution in [0.4, 0.5) is 9.18 Å². The summed E-state index contributed by atoms with van der Waals surface area (Å²) in [5.41, 5.74) is 4.57. The van der Waals surface area contributed by atoms with Crippen molar-refractivity contribution in [3.63, 3.8) is 0 Å². The number of benzene rings is 1. The fraction of sp³-hybridized carbons (Fsp3) is 0.176. The molecule has 0 bridgehead atoms. The highest BCUT2D eigenvalue weighted by Crippen LogP contribution is 2.01. The topological polar surface area (TPSA) is 142 Å². The van der Waals surface area contributed by atoms with Gasteiger partial charge in [-0.1, -0.05) is 12.1 Å². The maximum absolute atomic E-state index is 12.8. The van der Waals surface area contributed by atoms with E-state index in [2.05, 4.69) is 16.0 Å². The van der Waals surface area contributed by atoms with Crippen LogP contribution in [0.1, 0.15) is 11.3 Å². The van der Waals surface area contributed by atoms with Gasteiger partial charge in [0.05, 0.1) is 12.8 Å². The first-order valence-electron chi connectivity index (χ1n) is 8.09. The van der Waals surface area contributed by atoms with Gasteiger partial charge >= 0.3 is 17.8 Å². The Morgan fingerprint density at radius 3 is 2.29 bits per heavy atom. The Hall–Kier alpha value is -3.89. The number of furan rings is 1. The summed E-state index contributed by atoms with van der Waals surface area (Å²) in [6.45, 7) is -0.285. The van der Waals surface area contributed by atoms with Gasteiger partial charge in [0.2, 0.25) is 0 Å². The molecule has 0 atom stereocenters. The minimum Gasteiger partial charge on any atom is -0.467 e. The van der Waals surface area contributed by atoms with Crippen LogP contribution < -0.4 is 26.8 Å². The van der Waals surface area contributed by atoms with Gasteiger partial charge in [0.1, 0.15) is 18.1 Å². The Labute approximate surface area is 158 Å². The van der Waals surface area contributed by atoms with Crippen molar-refractivity contribution in [1.82, 2.24) is 26.8 Å². The molecule has 1 heterocycles. The SMILES string of the molecule is O=C(CNC(=O)NCc1ccc(F)cc1)NNC(=O)C(=O)NCc1ccco1. The second-order valence-electron chi connectivity index (χ2n) is 5.43. The van der Waals surface area contributed by atoms with Crippen molar-refractivity contribution in [1.29, 1.82) is 0 Å². The number of urea groups is 1. The smallest absolute Gasteiger partial charge is 0.327 e. The highest BCUT2D eigenvalue weighted by Gasteiger charge is 2.14. The molecule has 11 heteroatoms. The minimum atomic E-state index is -1.08. The molecule has 1 aromatic heterocycles. The summed E-state index contributed by atoms with van der Waals surface area (Å²) >= 11 is 0. The number of hydrazine groups is 1. The van der Waals surface area contributed by atoms with E-state index in [1.54, 1.807) is 12.1 Å². The number of hydrogen-bond acceptors (Lipinski definition) is 5. The van der Waals surface area contributed by atoms with E-state index in [9.17, 15) is 23.6 Å². The monoisotopic (exact) mass is 391 g/mol. The Kier molecular flexibility index (Phi) is 7.52. The highest BCUT2D eigenvalue weighted by molar-refractivity contribution is 6.35. The standard InChI is InChI=1S/C17H18FN5O5/c18-12-5-3-11(4-6-12)8-20-17(27)21-10-14(24)22-23-16(26)15(25)19-9-13-2-1-7-28-13/h1-7H,8-10H2,(H,19,25)(H,22,24)(H,23,26)(H2,20,21,27). The molecule has 0 radical (unpaired) electrons. The van der Waals surface area contributed by atoms with Crippen molar-refractivity contribution in [2.45, 2.75) is 13.1 Å². The molecule has 0 spiro atoms. The van der Waals surface area contributed by atoms with Gasteiger partial charge in [-0.15, -0.1) is 0 Å². The Balaban J connectivity index is 1.59. The summed E-state index contributed by atoms with van der Waals surface area (Å²) in [5, 5.41) is 7.03. The van der Waals surface area contributed by atoms with Gasteiger partial charge in [-0.3, -0.25) is 25.2 Å². The third kappa shape index (κ3) is 7.15. The van der Waals surface area contributed by atoms with Crippen molar-refractivity contribution < 1.29 is 28.0 Å². The number of carbonyl (C=O) groups is 4. The zero-order chi connectivity index (χ0) is 20.4. The first-order chi connectivity index (χ1) is 13.4. The second kappa shape index (κ2) is 10.3. The van der Waals surface area contributed by atoms with Crippen molar-refractivity contribution in [3.8, 4) is 0 Å². The Bertz CT molecular complexity index is 823. The summed E-state index contributed by atoms with van der Waals surface area (Å²) in [6, 6.07) is 8.15. The quantitative estimate of drug-likeness (QED) is 0.339. The molecule has 5 N–H and O–H groups in total. The molecule has 0 aliphatic carbocycles. The van der Waals surface area contributed by atoms with E-state index < -0.39 is 30.3 Å². The summed E-state index contributed by atoms with van der Waals surface area (Å²) in [7, 11) is 0. The van der Waals surface area contributed by atoms with E-state index in [1.807, 2.05) is 10.9 Å². The van der Waals surface area contributed by atoms with Crippen LogP contribution in [0.2, 0.25) is 0 Å². The number of nitrogens with one attached hydrogen (secondary N) is 5. The zero-order valence-corrected chi connectivity index (χ0v) is 14.6. The highest BCUT2D eigenvalue weighted by atomic mass is 19.1. The molecular weight excluding hydrogens is 373 g/mol. The van der Waals surface area contributed by atoms with Gasteiger partial charge in [0.25, 0.3) is 5.91 Å². The third-order valence-corrected chi connectivity index (χ3v) is 3.30. The molecular formula is C17H18FN5O5. The molecule has 10 nitrogen and oxygen atoms in total. The average molecular weight is 391 g/mol. The largest absolute Gasteiger partial charge is 0.467 e. The van der Waals surface area contributed by atoms with Crippen molar-refractivity contribution in [2.75, 3.05) is 6.54 Å². The second-order valence-corrected chi connectivity index (χ2v) is 5.43. The summed E-state index contributed by atoms with van der Waals surface area (Å²) < 4.78 is 17.8. The fourth-order valence-corrected chi connectivity index (χ4v) is 1.90. The average Bonchev–Trinajstić information content (AvgIpc) is 3.21. The first-order valence-corrected chi connectivity index (χ1v) is 8.09. The Morgan fingerprint density at radius 1 is 0.857 bits per heavy atom. The van der Waals surface area contributed by atoms with Crippen molar-refractivity contribution >= 4 is 23.8 Å². The van der Waals surface area contributed by atoms with Crippen LogP contribution in [0.25, 0.3) is 0 Å². The summed E-state index contributed by atoms with van der Waals surface area (Å²) in [5.74, 6) is -2.73. The van der Waals surface area contributed by atoms with Crippen LogP contribution in [0.3, 0.4) is 0 Å². The molecule has 0 aliphatic heterocycles. The van der Waals surface area contributed by atoms with E-state index in [1.165, 1.54) is 30.5 Å². The molecule has 1 aromatic carbocycles. The van der Waals surface area contributed by atoms with E-state index in [0.29, 0.717) is 11.3 Å². The molecule has 0 aliphatic rings. The number of hydrogen-bond donors (Lipinski definition) is 5. The van der Waals surface area contributed by atoms with Crippen molar-refractivity contribution in [3.05, 3.63) is 59.8 Å². The number of rotatable bonds is 6. The lowest BCUT2D eigenvalue weighted by molar-refractivity contribution is -0.140. The van der Waals surface area contributed by atoms with E-state index >= 15 is 0 Å². The maximum Gasteiger partial charge on any atom is 0.327 e. The van der Waals surface area contributed by atoms with Gasteiger partial charge in [-0.2, -0.15) is 0 Å². The van der Waals surface area contributed by atoms with E-state index in [-0.39, 0.29) is 18.9 Å². The zero-order valence-electron chi connectivity index (χ0n) is 14.6. The first kappa shape index (κ1) is 20.4. The minimum absolute atomic E-state index is 0.0168.